The van der Waals surface area contributed by atoms with Crippen LogP contribution in [-0.2, 0) is 13.0 Å². The molecule has 0 bridgehead atoms. The molecule has 0 atom stereocenters. The van der Waals surface area contributed by atoms with E-state index < -0.39 is 0 Å². The highest BCUT2D eigenvalue weighted by Crippen LogP contribution is 2.33. The molecule has 0 unspecified atom stereocenters. The van der Waals surface area contributed by atoms with E-state index in [4.69, 9.17) is 9.40 Å². The molecule has 0 aromatic carbocycles. The maximum absolute atomic E-state index is 5.52. The molecule has 0 aliphatic heterocycles. The molecule has 0 saturated heterocycles. The van der Waals surface area contributed by atoms with Gasteiger partial charge in [0.25, 0.3) is 0 Å². The average molecular weight is 384 g/mol. The molecule has 4 aromatic heterocycles. The van der Waals surface area contributed by atoms with Crippen molar-refractivity contribution in [2.75, 3.05) is 0 Å². The van der Waals surface area contributed by atoms with E-state index in [1.54, 1.807) is 28.9 Å². The van der Waals surface area contributed by atoms with E-state index >= 15 is 0 Å². The van der Waals surface area contributed by atoms with Gasteiger partial charge in [0.05, 0.1) is 29.9 Å². The Hall–Kier alpha value is -2.18. The number of furan rings is 1. The van der Waals surface area contributed by atoms with E-state index in [2.05, 4.69) is 41.8 Å². The first-order valence-corrected chi connectivity index (χ1v) is 10.3. The SMILES string of the molecule is Cc1csc(Cc2nc(-c3cc(C)n(Cc4ccco4)c3C)c(C)s2)n1. The van der Waals surface area contributed by atoms with E-state index in [9.17, 15) is 0 Å². The van der Waals surface area contributed by atoms with Crippen LogP contribution in [0.25, 0.3) is 11.3 Å². The predicted molar refractivity (Wildman–Crippen MR) is 107 cm³/mol. The van der Waals surface area contributed by atoms with E-state index in [0.717, 1.165) is 40.1 Å². The fraction of sp³-hybridized carbons (Fsp3) is 0.300. The Kier molecular flexibility index (Phi) is 4.54. The zero-order valence-corrected chi connectivity index (χ0v) is 17.0. The monoisotopic (exact) mass is 383 g/mol. The third kappa shape index (κ3) is 3.27. The molecule has 4 heterocycles. The molecule has 0 radical (unpaired) electrons. The average Bonchev–Trinajstić information content (AvgIpc) is 3.36. The van der Waals surface area contributed by atoms with Gasteiger partial charge in [-0.2, -0.15) is 0 Å². The lowest BCUT2D eigenvalue weighted by molar-refractivity contribution is 0.489. The molecule has 0 spiro atoms. The zero-order valence-electron chi connectivity index (χ0n) is 15.4. The standard InChI is InChI=1S/C20H21N3OS2/c1-12-11-25-18(21-12)9-19-22-20(15(4)26-19)17-8-13(2)23(14(17)3)10-16-6-5-7-24-16/h5-8,11H,9-10H2,1-4H3. The smallest absolute Gasteiger partial charge is 0.123 e. The highest BCUT2D eigenvalue weighted by molar-refractivity contribution is 7.12. The Bertz CT molecular complexity index is 1040. The van der Waals surface area contributed by atoms with Crippen LogP contribution >= 0.6 is 22.7 Å². The Balaban J connectivity index is 1.65. The van der Waals surface area contributed by atoms with Crippen molar-refractivity contribution in [3.8, 4) is 11.3 Å². The summed E-state index contributed by atoms with van der Waals surface area (Å²) in [7, 11) is 0. The molecule has 4 rings (SSSR count). The maximum Gasteiger partial charge on any atom is 0.123 e. The van der Waals surface area contributed by atoms with Crippen molar-refractivity contribution in [2.24, 2.45) is 0 Å². The summed E-state index contributed by atoms with van der Waals surface area (Å²) in [6.45, 7) is 9.24. The quantitative estimate of drug-likeness (QED) is 0.455. The third-order valence-corrected chi connectivity index (χ3v) is 6.47. The Morgan fingerprint density at radius 1 is 1.12 bits per heavy atom. The summed E-state index contributed by atoms with van der Waals surface area (Å²) >= 11 is 3.48. The number of aromatic nitrogens is 3. The van der Waals surface area contributed by atoms with Gasteiger partial charge in [0.1, 0.15) is 10.8 Å². The first kappa shape index (κ1) is 17.2. The van der Waals surface area contributed by atoms with Crippen LogP contribution in [0.3, 0.4) is 0 Å². The Morgan fingerprint density at radius 3 is 2.65 bits per heavy atom. The fourth-order valence-electron chi connectivity index (χ4n) is 3.23. The molecule has 4 nitrogen and oxygen atoms in total. The molecule has 0 N–H and O–H groups in total. The maximum atomic E-state index is 5.52. The summed E-state index contributed by atoms with van der Waals surface area (Å²) < 4.78 is 7.81. The van der Waals surface area contributed by atoms with Gasteiger partial charge in [-0.1, -0.05) is 0 Å². The Morgan fingerprint density at radius 2 is 1.96 bits per heavy atom. The molecule has 134 valence electrons. The van der Waals surface area contributed by atoms with Crippen LogP contribution in [0, 0.1) is 27.7 Å². The minimum absolute atomic E-state index is 0.749. The largest absolute Gasteiger partial charge is 0.467 e. The normalized spacial score (nSPS) is 11.4. The van der Waals surface area contributed by atoms with Gasteiger partial charge in [-0.15, -0.1) is 22.7 Å². The van der Waals surface area contributed by atoms with Crippen LogP contribution in [0.1, 0.15) is 37.7 Å². The highest BCUT2D eigenvalue weighted by Gasteiger charge is 2.18. The number of hydrogen-bond acceptors (Lipinski definition) is 5. The Labute approximate surface area is 161 Å². The van der Waals surface area contributed by atoms with Crippen molar-refractivity contribution in [2.45, 2.75) is 40.7 Å². The second kappa shape index (κ2) is 6.85. The minimum atomic E-state index is 0.749. The van der Waals surface area contributed by atoms with Gasteiger partial charge in [0, 0.05) is 32.9 Å². The third-order valence-electron chi connectivity index (χ3n) is 4.53. The number of hydrogen-bond donors (Lipinski definition) is 0. The van der Waals surface area contributed by atoms with Gasteiger partial charge in [0.2, 0.25) is 0 Å². The number of thiazole rings is 2. The second-order valence-electron chi connectivity index (χ2n) is 6.52. The molecule has 0 fully saturated rings. The summed E-state index contributed by atoms with van der Waals surface area (Å²) in [6.07, 6.45) is 2.54. The highest BCUT2D eigenvalue weighted by atomic mass is 32.1. The number of rotatable bonds is 5. The van der Waals surface area contributed by atoms with Crippen molar-refractivity contribution in [1.29, 1.82) is 0 Å². The molecule has 26 heavy (non-hydrogen) atoms. The molecule has 0 aliphatic rings. The van der Waals surface area contributed by atoms with Gasteiger partial charge in [-0.25, -0.2) is 9.97 Å². The van der Waals surface area contributed by atoms with E-state index in [1.807, 2.05) is 19.1 Å². The van der Waals surface area contributed by atoms with Crippen molar-refractivity contribution in [3.63, 3.8) is 0 Å². The lowest BCUT2D eigenvalue weighted by atomic mass is 10.1. The van der Waals surface area contributed by atoms with Crippen molar-refractivity contribution >= 4 is 22.7 Å². The number of nitrogens with zero attached hydrogens (tertiary/aromatic N) is 3. The van der Waals surface area contributed by atoms with Crippen molar-refractivity contribution < 1.29 is 4.42 Å². The summed E-state index contributed by atoms with van der Waals surface area (Å²) in [4.78, 5) is 10.8. The van der Waals surface area contributed by atoms with Gasteiger partial charge in [0.15, 0.2) is 0 Å². The van der Waals surface area contributed by atoms with Crippen LogP contribution in [-0.4, -0.2) is 14.5 Å². The first-order chi connectivity index (χ1) is 12.5. The molecule has 4 aromatic rings. The van der Waals surface area contributed by atoms with Gasteiger partial charge in [-0.05, 0) is 45.9 Å². The van der Waals surface area contributed by atoms with Gasteiger partial charge in [-0.3, -0.25) is 0 Å². The topological polar surface area (TPSA) is 43.9 Å². The van der Waals surface area contributed by atoms with E-state index in [0.29, 0.717) is 0 Å². The molecular formula is C20H21N3OS2. The molecule has 0 aliphatic carbocycles. The number of aryl methyl sites for hydroxylation is 3. The molecular weight excluding hydrogens is 362 g/mol. The second-order valence-corrected chi connectivity index (χ2v) is 8.75. The van der Waals surface area contributed by atoms with Crippen LogP contribution in [0.2, 0.25) is 0 Å². The van der Waals surface area contributed by atoms with Gasteiger partial charge < -0.3 is 8.98 Å². The molecule has 0 amide bonds. The van der Waals surface area contributed by atoms with Gasteiger partial charge >= 0.3 is 0 Å². The lowest BCUT2D eigenvalue weighted by Gasteiger charge is -2.07. The van der Waals surface area contributed by atoms with E-state index in [1.165, 1.54) is 21.8 Å². The lowest BCUT2D eigenvalue weighted by Crippen LogP contribution is -2.03. The van der Waals surface area contributed by atoms with Crippen LogP contribution in [0.15, 0.2) is 34.3 Å². The summed E-state index contributed by atoms with van der Waals surface area (Å²) in [5, 5.41) is 4.35. The van der Waals surface area contributed by atoms with Crippen molar-refractivity contribution in [1.82, 2.24) is 14.5 Å². The summed E-state index contributed by atoms with van der Waals surface area (Å²) in [6, 6.07) is 6.18. The van der Waals surface area contributed by atoms with Crippen molar-refractivity contribution in [3.05, 3.63) is 67.6 Å². The first-order valence-electron chi connectivity index (χ1n) is 8.58. The summed E-state index contributed by atoms with van der Waals surface area (Å²) in [5.41, 5.74) is 5.84. The molecule has 6 heteroatoms. The van der Waals surface area contributed by atoms with Crippen LogP contribution in [0.4, 0.5) is 0 Å². The van der Waals surface area contributed by atoms with Crippen LogP contribution in [0.5, 0.6) is 0 Å². The summed E-state index contributed by atoms with van der Waals surface area (Å²) in [5.74, 6) is 0.966. The van der Waals surface area contributed by atoms with E-state index in [-0.39, 0.29) is 0 Å². The molecule has 0 saturated carbocycles. The van der Waals surface area contributed by atoms with Crippen LogP contribution < -0.4 is 0 Å². The minimum Gasteiger partial charge on any atom is -0.467 e. The fourth-order valence-corrected chi connectivity index (χ4v) is 5.05. The predicted octanol–water partition coefficient (Wildman–Crippen LogP) is 5.53. The zero-order chi connectivity index (χ0) is 18.3.